The first-order valence-corrected chi connectivity index (χ1v) is 7.12. The van der Waals surface area contributed by atoms with Gasteiger partial charge in [0.05, 0.1) is 7.11 Å². The predicted octanol–water partition coefficient (Wildman–Crippen LogP) is 1.89. The smallest absolute Gasteiger partial charge is 0.298 e. The molecule has 0 fully saturated rings. The van der Waals surface area contributed by atoms with E-state index in [-0.39, 0.29) is 5.82 Å². The minimum atomic E-state index is -0.426. The van der Waals surface area contributed by atoms with Gasteiger partial charge in [-0.2, -0.15) is 0 Å². The Morgan fingerprint density at radius 3 is 2.46 bits per heavy atom. The third kappa shape index (κ3) is 3.14. The van der Waals surface area contributed by atoms with Gasteiger partial charge in [-0.1, -0.05) is 0 Å². The van der Waals surface area contributed by atoms with E-state index in [1.54, 1.807) is 43.5 Å². The zero-order valence-electron chi connectivity index (χ0n) is 12.8. The molecule has 1 aromatic carbocycles. The summed E-state index contributed by atoms with van der Waals surface area (Å²) >= 11 is 0. The van der Waals surface area contributed by atoms with E-state index in [4.69, 9.17) is 4.74 Å². The van der Waals surface area contributed by atoms with Crippen molar-refractivity contribution in [3.63, 3.8) is 0 Å². The average molecular weight is 322 g/mol. The second-order valence-electron chi connectivity index (χ2n) is 4.84. The molecule has 1 N–H and O–H groups in total. The molecule has 24 heavy (non-hydrogen) atoms. The highest BCUT2D eigenvalue weighted by molar-refractivity contribution is 6.03. The number of nitrogens with one attached hydrogen (secondary N) is 1. The molecule has 2 heterocycles. The second-order valence-corrected chi connectivity index (χ2v) is 4.84. The van der Waals surface area contributed by atoms with Gasteiger partial charge in [0.1, 0.15) is 5.75 Å². The monoisotopic (exact) mass is 322 g/mol. The van der Waals surface area contributed by atoms with Gasteiger partial charge in [0.2, 0.25) is 0 Å². The number of aromatic nitrogens is 3. The summed E-state index contributed by atoms with van der Waals surface area (Å²) in [5.41, 5.74) is 0.610. The lowest BCUT2D eigenvalue weighted by Gasteiger charge is -2.09. The van der Waals surface area contributed by atoms with Crippen LogP contribution in [-0.2, 0) is 0 Å². The number of carbonyl (C=O) groups is 1. The standard InChI is InChI=1S/C17H14N4O3/c1-24-14-4-2-13(3-5-14)21-11-10-19-15(17(21)23)20-16(22)12-6-8-18-9-7-12/h2-11H,1H3,(H,19,20,22). The lowest BCUT2D eigenvalue weighted by Crippen LogP contribution is -2.26. The van der Waals surface area contributed by atoms with Crippen molar-refractivity contribution in [1.29, 1.82) is 0 Å². The molecule has 0 aliphatic carbocycles. The van der Waals surface area contributed by atoms with Crippen LogP contribution in [0, 0.1) is 0 Å². The van der Waals surface area contributed by atoms with E-state index in [9.17, 15) is 9.59 Å². The third-order valence-electron chi connectivity index (χ3n) is 3.37. The molecule has 0 aliphatic heterocycles. The summed E-state index contributed by atoms with van der Waals surface area (Å²) in [7, 11) is 1.57. The predicted molar refractivity (Wildman–Crippen MR) is 88.6 cm³/mol. The molecule has 7 heteroatoms. The Morgan fingerprint density at radius 2 is 1.79 bits per heavy atom. The summed E-state index contributed by atoms with van der Waals surface area (Å²) < 4.78 is 6.50. The molecule has 0 aliphatic rings. The number of hydrogen-bond acceptors (Lipinski definition) is 5. The molecule has 2 aromatic heterocycles. The number of amides is 1. The molecule has 0 atom stereocenters. The van der Waals surface area contributed by atoms with Gasteiger partial charge in [-0.15, -0.1) is 0 Å². The van der Waals surface area contributed by atoms with Crippen LogP contribution in [-0.4, -0.2) is 27.6 Å². The zero-order valence-corrected chi connectivity index (χ0v) is 12.8. The fraction of sp³-hybridized carbons (Fsp3) is 0.0588. The fourth-order valence-electron chi connectivity index (χ4n) is 2.13. The van der Waals surface area contributed by atoms with Crippen LogP contribution >= 0.6 is 0 Å². The van der Waals surface area contributed by atoms with Crippen molar-refractivity contribution in [2.75, 3.05) is 12.4 Å². The minimum Gasteiger partial charge on any atom is -0.497 e. The lowest BCUT2D eigenvalue weighted by atomic mass is 10.2. The summed E-state index contributed by atoms with van der Waals surface area (Å²) in [5.74, 6) is 0.219. The molecular weight excluding hydrogens is 308 g/mol. The van der Waals surface area contributed by atoms with Crippen LogP contribution in [0.2, 0.25) is 0 Å². The first-order valence-electron chi connectivity index (χ1n) is 7.12. The van der Waals surface area contributed by atoms with Crippen LogP contribution in [0.25, 0.3) is 5.69 Å². The Bertz CT molecular complexity index is 905. The molecule has 1 amide bonds. The van der Waals surface area contributed by atoms with Gasteiger partial charge in [-0.05, 0) is 36.4 Å². The maximum atomic E-state index is 12.5. The van der Waals surface area contributed by atoms with E-state index in [0.29, 0.717) is 17.0 Å². The Morgan fingerprint density at radius 1 is 1.08 bits per heavy atom. The number of rotatable bonds is 4. The quantitative estimate of drug-likeness (QED) is 0.792. The number of benzene rings is 1. The number of pyridine rings is 1. The summed E-state index contributed by atoms with van der Waals surface area (Å²) in [6.07, 6.45) is 5.99. The molecule has 0 unspecified atom stereocenters. The number of hydrogen-bond donors (Lipinski definition) is 1. The van der Waals surface area contributed by atoms with Crippen molar-refractivity contribution >= 4 is 11.7 Å². The Labute approximate surface area is 137 Å². The van der Waals surface area contributed by atoms with Crippen LogP contribution in [0.15, 0.2) is 66.0 Å². The van der Waals surface area contributed by atoms with Crippen LogP contribution in [0.3, 0.4) is 0 Å². The van der Waals surface area contributed by atoms with E-state index in [1.807, 2.05) is 0 Å². The molecular formula is C17H14N4O3. The van der Waals surface area contributed by atoms with Gasteiger partial charge in [0.25, 0.3) is 11.5 Å². The highest BCUT2D eigenvalue weighted by atomic mass is 16.5. The highest BCUT2D eigenvalue weighted by Gasteiger charge is 2.11. The van der Waals surface area contributed by atoms with E-state index in [0.717, 1.165) is 0 Å². The number of nitrogens with zero attached hydrogens (tertiary/aromatic N) is 3. The second kappa shape index (κ2) is 6.74. The summed E-state index contributed by atoms with van der Waals surface area (Å²) in [5, 5.41) is 2.52. The number of anilines is 1. The number of carbonyl (C=O) groups excluding carboxylic acids is 1. The van der Waals surface area contributed by atoms with Crippen LogP contribution in [0.5, 0.6) is 5.75 Å². The Kier molecular flexibility index (Phi) is 4.33. The summed E-state index contributed by atoms with van der Waals surface area (Å²) in [6.45, 7) is 0. The van der Waals surface area contributed by atoms with Gasteiger partial charge < -0.3 is 10.1 Å². The third-order valence-corrected chi connectivity index (χ3v) is 3.37. The van der Waals surface area contributed by atoms with Gasteiger partial charge in [-0.25, -0.2) is 4.98 Å². The largest absolute Gasteiger partial charge is 0.497 e. The molecule has 0 radical (unpaired) electrons. The first-order chi connectivity index (χ1) is 11.7. The van der Waals surface area contributed by atoms with Crippen molar-refractivity contribution < 1.29 is 9.53 Å². The molecule has 0 spiro atoms. The van der Waals surface area contributed by atoms with E-state index in [1.165, 1.54) is 29.4 Å². The molecule has 0 bridgehead atoms. The summed E-state index contributed by atoms with van der Waals surface area (Å²) in [6, 6.07) is 10.1. The van der Waals surface area contributed by atoms with Crippen molar-refractivity contribution in [2.45, 2.75) is 0 Å². The average Bonchev–Trinajstić information content (AvgIpc) is 2.64. The lowest BCUT2D eigenvalue weighted by molar-refractivity contribution is 0.102. The fourth-order valence-corrected chi connectivity index (χ4v) is 2.13. The van der Waals surface area contributed by atoms with E-state index < -0.39 is 11.5 Å². The number of methoxy groups -OCH3 is 1. The van der Waals surface area contributed by atoms with Crippen LogP contribution < -0.4 is 15.6 Å². The van der Waals surface area contributed by atoms with E-state index in [2.05, 4.69) is 15.3 Å². The van der Waals surface area contributed by atoms with Gasteiger partial charge >= 0.3 is 0 Å². The molecule has 120 valence electrons. The highest BCUT2D eigenvalue weighted by Crippen LogP contribution is 2.13. The van der Waals surface area contributed by atoms with Crippen molar-refractivity contribution in [3.8, 4) is 11.4 Å². The van der Waals surface area contributed by atoms with Crippen molar-refractivity contribution in [1.82, 2.24) is 14.5 Å². The van der Waals surface area contributed by atoms with Gasteiger partial charge in [0.15, 0.2) is 5.82 Å². The van der Waals surface area contributed by atoms with Crippen molar-refractivity contribution in [3.05, 3.63) is 77.1 Å². The molecule has 0 saturated carbocycles. The molecule has 3 aromatic rings. The zero-order chi connectivity index (χ0) is 16.9. The van der Waals surface area contributed by atoms with Crippen LogP contribution in [0.1, 0.15) is 10.4 Å². The molecule has 7 nitrogen and oxygen atoms in total. The van der Waals surface area contributed by atoms with E-state index >= 15 is 0 Å². The first kappa shape index (κ1) is 15.4. The van der Waals surface area contributed by atoms with Gasteiger partial charge in [0, 0.05) is 36.0 Å². The Hall–Kier alpha value is -3.48. The molecule has 3 rings (SSSR count). The minimum absolute atomic E-state index is 0.0462. The maximum Gasteiger partial charge on any atom is 0.298 e. The van der Waals surface area contributed by atoms with Crippen molar-refractivity contribution in [2.24, 2.45) is 0 Å². The topological polar surface area (TPSA) is 86.1 Å². The summed E-state index contributed by atoms with van der Waals surface area (Å²) in [4.78, 5) is 32.5. The normalized spacial score (nSPS) is 10.2. The number of ether oxygens (including phenoxy) is 1. The SMILES string of the molecule is COc1ccc(-n2ccnc(NC(=O)c3ccncc3)c2=O)cc1. The molecule has 0 saturated heterocycles. The maximum absolute atomic E-state index is 12.5. The van der Waals surface area contributed by atoms with Gasteiger partial charge in [-0.3, -0.25) is 19.1 Å². The van der Waals surface area contributed by atoms with Crippen LogP contribution in [0.4, 0.5) is 5.82 Å². The Balaban J connectivity index is 1.91.